The first-order valence-electron chi connectivity index (χ1n) is 11.5. The lowest BCUT2D eigenvalue weighted by atomic mass is 10.0. The summed E-state index contributed by atoms with van der Waals surface area (Å²) in [4.78, 5) is 56.4. The van der Waals surface area contributed by atoms with E-state index in [9.17, 15) is 29.4 Å². The van der Waals surface area contributed by atoms with Gasteiger partial charge in [0.25, 0.3) is 5.91 Å². The van der Waals surface area contributed by atoms with Crippen molar-refractivity contribution in [2.45, 2.75) is 26.7 Å². The number of thioether (sulfide) groups is 3. The molecule has 2 aliphatic heterocycles. The summed E-state index contributed by atoms with van der Waals surface area (Å²) in [6, 6.07) is 3.19. The van der Waals surface area contributed by atoms with Gasteiger partial charge in [0.15, 0.2) is 5.13 Å². The van der Waals surface area contributed by atoms with E-state index in [0.29, 0.717) is 16.5 Å². The van der Waals surface area contributed by atoms with E-state index in [-0.39, 0.29) is 37.8 Å². The number of nitrogens with one attached hydrogen (secondary N) is 1. The number of tetrazole rings is 1. The lowest BCUT2D eigenvalue weighted by Gasteiger charge is -2.49. The van der Waals surface area contributed by atoms with E-state index in [2.05, 4.69) is 25.8 Å². The highest BCUT2D eigenvalue weighted by Crippen LogP contribution is 2.43. The van der Waals surface area contributed by atoms with Crippen LogP contribution in [0.1, 0.15) is 21.3 Å². The molecule has 214 valence electrons. The van der Waals surface area contributed by atoms with E-state index in [0.717, 1.165) is 23.1 Å². The highest BCUT2D eigenvalue weighted by atomic mass is 35.5. The average Bonchev–Trinajstić information content (AvgIpc) is 3.55. The second-order valence-electron chi connectivity index (χ2n) is 8.58. The number of fused-ring (bicyclic) bond motifs is 1. The Hall–Kier alpha value is -3.32. The molecule has 3 atom stereocenters. The van der Waals surface area contributed by atoms with Gasteiger partial charge in [-0.25, -0.2) is 19.3 Å². The highest BCUT2D eigenvalue weighted by Gasteiger charge is 2.54. The predicted octanol–water partition coefficient (Wildman–Crippen LogP) is 1.96. The third kappa shape index (κ3) is 5.87. The Kier molecular flexibility index (Phi) is 8.46. The number of carbonyl (C=O) groups excluding carboxylic acids is 2. The van der Waals surface area contributed by atoms with Crippen molar-refractivity contribution in [2.75, 3.05) is 17.2 Å². The van der Waals surface area contributed by atoms with Crippen LogP contribution in [0.4, 0.5) is 5.13 Å². The van der Waals surface area contributed by atoms with Crippen molar-refractivity contribution >= 4 is 87.1 Å². The number of carboxylic acids is 2. The van der Waals surface area contributed by atoms with Gasteiger partial charge in [-0.05, 0) is 34.2 Å². The Morgan fingerprint density at radius 2 is 2.07 bits per heavy atom. The summed E-state index contributed by atoms with van der Waals surface area (Å²) in [5.41, 5.74) is 6.40. The minimum Gasteiger partial charge on any atom is -0.478 e. The number of aryl methyl sites for hydroxylation is 1. The van der Waals surface area contributed by atoms with Crippen molar-refractivity contribution in [1.29, 1.82) is 0 Å². The van der Waals surface area contributed by atoms with Gasteiger partial charge >= 0.3 is 11.9 Å². The molecule has 0 spiro atoms. The number of carbonyl (C=O) groups is 4. The molecular formula is C22H19ClN8O6S4. The van der Waals surface area contributed by atoms with E-state index in [1.54, 1.807) is 12.4 Å². The molecule has 5 rings (SSSR count). The van der Waals surface area contributed by atoms with Gasteiger partial charge < -0.3 is 21.3 Å². The molecule has 1 saturated heterocycles. The van der Waals surface area contributed by atoms with Crippen molar-refractivity contribution in [3.63, 3.8) is 0 Å². The molecule has 2 aliphatic rings. The molecular weight excluding hydrogens is 636 g/mol. The summed E-state index contributed by atoms with van der Waals surface area (Å²) in [7, 11) is 1.66. The zero-order valence-corrected chi connectivity index (χ0v) is 24.8. The van der Waals surface area contributed by atoms with Gasteiger partial charge in [0.05, 0.1) is 11.3 Å². The van der Waals surface area contributed by atoms with Crippen LogP contribution in [0.15, 0.2) is 44.9 Å². The van der Waals surface area contributed by atoms with Gasteiger partial charge in [-0.2, -0.15) is 0 Å². The van der Waals surface area contributed by atoms with E-state index in [4.69, 9.17) is 17.3 Å². The topological polar surface area (TPSA) is 207 Å². The molecule has 41 heavy (non-hydrogen) atoms. The fourth-order valence-electron chi connectivity index (χ4n) is 4.09. The maximum atomic E-state index is 13.6. The summed E-state index contributed by atoms with van der Waals surface area (Å²) < 4.78 is 1.46. The van der Waals surface area contributed by atoms with Crippen molar-refractivity contribution in [3.8, 4) is 0 Å². The SMILES string of the molecule is Cn1nnnc1SCC1=C(C(=O)O)N2C(=O)C(NC(=O)C(Sc3cc(Cl)ccc3C(=O)O)c3csc(N)n3)[C@H]2SC1. The number of aromatic nitrogens is 5. The van der Waals surface area contributed by atoms with E-state index in [1.807, 2.05) is 0 Å². The van der Waals surface area contributed by atoms with Crippen molar-refractivity contribution < 1.29 is 29.4 Å². The molecule has 1 fully saturated rings. The van der Waals surface area contributed by atoms with Gasteiger partial charge in [-0.1, -0.05) is 23.4 Å². The van der Waals surface area contributed by atoms with Gasteiger partial charge in [0, 0.05) is 33.9 Å². The Labute approximate surface area is 253 Å². The summed E-state index contributed by atoms with van der Waals surface area (Å²) in [6.07, 6.45) is 0. The quantitative estimate of drug-likeness (QED) is 0.182. The Balaban J connectivity index is 1.36. The smallest absolute Gasteiger partial charge is 0.352 e. The van der Waals surface area contributed by atoms with Crippen molar-refractivity contribution in [2.24, 2.45) is 7.05 Å². The largest absolute Gasteiger partial charge is 0.478 e. The number of halogens is 1. The van der Waals surface area contributed by atoms with Crippen LogP contribution in [0, 0.1) is 0 Å². The number of benzene rings is 1. The maximum Gasteiger partial charge on any atom is 0.352 e. The van der Waals surface area contributed by atoms with Gasteiger partial charge in [0.2, 0.25) is 11.1 Å². The lowest BCUT2D eigenvalue weighted by molar-refractivity contribution is -0.150. The molecule has 0 bridgehead atoms. The molecule has 5 N–H and O–H groups in total. The third-order valence-corrected chi connectivity index (χ3v) is 10.6. The van der Waals surface area contributed by atoms with E-state index in [1.165, 1.54) is 51.3 Å². The number of amides is 2. The molecule has 14 nitrogen and oxygen atoms in total. The zero-order chi connectivity index (χ0) is 29.4. The number of aromatic carboxylic acids is 1. The maximum absolute atomic E-state index is 13.6. The first-order valence-corrected chi connectivity index (χ1v) is 15.7. The number of hydrogen-bond acceptors (Lipinski definition) is 13. The number of rotatable bonds is 10. The number of β-lactam (4-membered cyclic amide) rings is 1. The number of hydrogen-bond donors (Lipinski definition) is 4. The number of nitrogens with zero attached hydrogens (tertiary/aromatic N) is 6. The molecule has 4 heterocycles. The molecule has 0 aliphatic carbocycles. The number of nitrogens with two attached hydrogens (primary N) is 1. The average molecular weight is 655 g/mol. The zero-order valence-electron chi connectivity index (χ0n) is 20.8. The standard InChI is InChI=1S/C22H19ClN8O6S4/c1-30-22(27-28-29-30)40-6-8-5-38-18-13(17(33)31(18)14(8)20(36)37)26-16(32)15(11-7-39-21(24)25-11)41-12-4-9(23)2-3-10(12)19(34)35/h2-4,7,13,15,18H,5-6H2,1H3,(H2,24,25)(H,26,32)(H,34,35)(H,36,37)/t13?,15?,18-/m1/s1. The van der Waals surface area contributed by atoms with Crippen molar-refractivity contribution in [3.05, 3.63) is 51.1 Å². The fraction of sp³-hybridized carbons (Fsp3) is 0.273. The van der Waals surface area contributed by atoms with Crippen LogP contribution >= 0.6 is 58.2 Å². The van der Waals surface area contributed by atoms with Crippen LogP contribution in [0.3, 0.4) is 0 Å². The van der Waals surface area contributed by atoms with E-state index >= 15 is 0 Å². The molecule has 0 radical (unpaired) electrons. The van der Waals surface area contributed by atoms with Gasteiger partial charge in [-0.15, -0.1) is 40.0 Å². The van der Waals surface area contributed by atoms with Crippen LogP contribution in [-0.4, -0.2) is 87.0 Å². The van der Waals surface area contributed by atoms with Gasteiger partial charge in [-0.3, -0.25) is 14.5 Å². The number of nitrogen functional groups attached to an aromatic ring is 1. The molecule has 19 heteroatoms. The molecule has 3 aromatic rings. The number of anilines is 1. The number of thiazole rings is 1. The Bertz CT molecular complexity index is 1600. The first kappa shape index (κ1) is 29.2. The van der Waals surface area contributed by atoms with Crippen molar-refractivity contribution in [1.82, 2.24) is 35.4 Å². The molecule has 2 aromatic heterocycles. The first-order chi connectivity index (χ1) is 19.5. The molecule has 0 saturated carbocycles. The summed E-state index contributed by atoms with van der Waals surface area (Å²) in [6.45, 7) is 0. The molecule has 2 amide bonds. The second-order valence-corrected chi connectivity index (χ2v) is 13.1. The van der Waals surface area contributed by atoms with E-state index < -0.39 is 40.4 Å². The number of aliphatic carboxylic acids is 1. The Morgan fingerprint density at radius 1 is 1.29 bits per heavy atom. The van der Waals surface area contributed by atoms with Crippen LogP contribution in [0.5, 0.6) is 0 Å². The van der Waals surface area contributed by atoms with Crippen LogP contribution in [-0.2, 0) is 21.4 Å². The van der Waals surface area contributed by atoms with Crippen LogP contribution in [0.2, 0.25) is 5.02 Å². The highest BCUT2D eigenvalue weighted by molar-refractivity contribution is 8.01. The van der Waals surface area contributed by atoms with Gasteiger partial charge in [0.1, 0.15) is 22.4 Å². The summed E-state index contributed by atoms with van der Waals surface area (Å²) >= 11 is 10.7. The second kappa shape index (κ2) is 11.9. The molecule has 1 aromatic carbocycles. The predicted molar refractivity (Wildman–Crippen MR) is 153 cm³/mol. The Morgan fingerprint density at radius 3 is 2.71 bits per heavy atom. The minimum atomic E-state index is -1.26. The number of carboxylic acid groups (broad SMARTS) is 2. The molecule has 2 unspecified atom stereocenters. The summed E-state index contributed by atoms with van der Waals surface area (Å²) in [5.74, 6) is -3.09. The van der Waals surface area contributed by atoms with Crippen LogP contribution < -0.4 is 11.1 Å². The lowest BCUT2D eigenvalue weighted by Crippen LogP contribution is -2.70. The van der Waals surface area contributed by atoms with Crippen LogP contribution in [0.25, 0.3) is 0 Å². The monoisotopic (exact) mass is 654 g/mol. The summed E-state index contributed by atoms with van der Waals surface area (Å²) in [5, 5.41) is 34.3. The third-order valence-electron chi connectivity index (χ3n) is 5.97. The normalized spacial score (nSPS) is 19.0. The minimum absolute atomic E-state index is 0.0622. The fourth-order valence-corrected chi connectivity index (χ4v) is 8.48.